The molecule has 0 atom stereocenters. The zero-order valence-corrected chi connectivity index (χ0v) is 8.54. The number of carbonyl (C=O) groups is 1. The largest absolute Gasteiger partial charge is 0.304 e. The first-order chi connectivity index (χ1) is 6.24. The number of carbonyl (C=O) groups excluding carboxylic acids is 1. The van der Waals surface area contributed by atoms with Crippen LogP contribution in [0.4, 0.5) is 5.13 Å². The van der Waals surface area contributed by atoms with Gasteiger partial charge in [-0.15, -0.1) is 11.3 Å². The number of hydrogen-bond acceptors (Lipinski definition) is 5. The molecule has 0 aliphatic carbocycles. The molecule has 0 aromatic carbocycles. The average Bonchev–Trinajstić information content (AvgIpc) is 2.62. The monoisotopic (exact) mass is 213 g/mol. The Hall–Kier alpha value is -0.880. The Morgan fingerprint density at radius 2 is 2.54 bits per heavy atom. The first kappa shape index (κ1) is 8.71. The van der Waals surface area contributed by atoms with Crippen LogP contribution in [-0.4, -0.2) is 21.8 Å². The van der Waals surface area contributed by atoms with Gasteiger partial charge < -0.3 is 5.32 Å². The van der Waals surface area contributed by atoms with E-state index < -0.39 is 0 Å². The van der Waals surface area contributed by atoms with Crippen molar-refractivity contribution in [3.05, 3.63) is 11.1 Å². The molecule has 1 aliphatic rings. The molecule has 1 amide bonds. The van der Waals surface area contributed by atoms with Gasteiger partial charge in [0.1, 0.15) is 0 Å². The van der Waals surface area contributed by atoms with Crippen LogP contribution in [-0.2, 0) is 4.79 Å². The number of nitrogens with zero attached hydrogens (tertiary/aromatic N) is 2. The van der Waals surface area contributed by atoms with E-state index in [0.717, 1.165) is 4.88 Å². The second kappa shape index (κ2) is 3.47. The molecule has 1 N–H and O–H groups in total. The van der Waals surface area contributed by atoms with Gasteiger partial charge in [0.25, 0.3) is 0 Å². The quantitative estimate of drug-likeness (QED) is 0.765. The molecule has 0 radical (unpaired) electrons. The summed E-state index contributed by atoms with van der Waals surface area (Å²) in [6.07, 6.45) is 1.77. The van der Waals surface area contributed by atoms with Crippen LogP contribution in [0.1, 0.15) is 4.88 Å². The first-order valence-corrected chi connectivity index (χ1v) is 5.48. The molecule has 1 aromatic heterocycles. The Kier molecular flexibility index (Phi) is 2.32. The number of aliphatic imine (C=N–C) groups is 1. The summed E-state index contributed by atoms with van der Waals surface area (Å²) < 4.78 is 0. The van der Waals surface area contributed by atoms with E-state index in [9.17, 15) is 4.79 Å². The Balaban J connectivity index is 2.16. The summed E-state index contributed by atoms with van der Waals surface area (Å²) in [6.45, 7) is 1.97. The van der Waals surface area contributed by atoms with E-state index in [1.54, 1.807) is 6.20 Å². The highest BCUT2D eigenvalue weighted by atomic mass is 32.2. The van der Waals surface area contributed by atoms with Crippen molar-refractivity contribution in [2.45, 2.75) is 6.92 Å². The lowest BCUT2D eigenvalue weighted by molar-refractivity contribution is -0.116. The van der Waals surface area contributed by atoms with Crippen molar-refractivity contribution in [2.24, 2.45) is 4.99 Å². The minimum atomic E-state index is 0.0111. The minimum absolute atomic E-state index is 0.0111. The molecule has 0 saturated carbocycles. The van der Waals surface area contributed by atoms with Gasteiger partial charge in [-0.2, -0.15) is 4.99 Å². The van der Waals surface area contributed by atoms with Crippen molar-refractivity contribution in [3.8, 4) is 0 Å². The topological polar surface area (TPSA) is 54.4 Å². The second-order valence-corrected chi connectivity index (χ2v) is 4.68. The predicted octanol–water partition coefficient (Wildman–Crippen LogP) is 1.30. The third-order valence-electron chi connectivity index (χ3n) is 1.39. The standard InChI is InChI=1S/C7H7N3OS2/c1-4-2-8-6(13-4)10-7-9-5(11)3-12-7/h2H,3H2,1H3,(H,8,9,10,11). The lowest BCUT2D eigenvalue weighted by Crippen LogP contribution is -2.19. The van der Waals surface area contributed by atoms with Crippen molar-refractivity contribution in [1.82, 2.24) is 10.3 Å². The minimum Gasteiger partial charge on any atom is -0.304 e. The SMILES string of the molecule is Cc1cnc(/N=C2/NC(=O)CS2)s1. The van der Waals surface area contributed by atoms with E-state index in [1.807, 2.05) is 6.92 Å². The maximum Gasteiger partial charge on any atom is 0.236 e. The highest BCUT2D eigenvalue weighted by Crippen LogP contribution is 2.22. The predicted molar refractivity (Wildman–Crippen MR) is 54.5 cm³/mol. The van der Waals surface area contributed by atoms with E-state index in [0.29, 0.717) is 16.1 Å². The highest BCUT2D eigenvalue weighted by molar-refractivity contribution is 8.15. The number of aromatic nitrogens is 1. The Morgan fingerprint density at radius 1 is 1.69 bits per heavy atom. The van der Waals surface area contributed by atoms with E-state index in [1.165, 1.54) is 23.1 Å². The molecule has 2 rings (SSSR count). The molecular weight excluding hydrogens is 206 g/mol. The van der Waals surface area contributed by atoms with Crippen LogP contribution in [0.15, 0.2) is 11.2 Å². The normalized spacial score (nSPS) is 19.5. The molecule has 68 valence electrons. The fraction of sp³-hybridized carbons (Fsp3) is 0.286. The third kappa shape index (κ3) is 2.07. The Morgan fingerprint density at radius 3 is 3.08 bits per heavy atom. The van der Waals surface area contributed by atoms with Gasteiger partial charge in [0.05, 0.1) is 5.75 Å². The highest BCUT2D eigenvalue weighted by Gasteiger charge is 2.16. The molecule has 1 fully saturated rings. The summed E-state index contributed by atoms with van der Waals surface area (Å²) in [6, 6.07) is 0. The molecule has 0 spiro atoms. The van der Waals surface area contributed by atoms with Gasteiger partial charge in [-0.25, -0.2) is 4.98 Å². The number of amidine groups is 1. The van der Waals surface area contributed by atoms with Gasteiger partial charge in [0, 0.05) is 11.1 Å². The van der Waals surface area contributed by atoms with Crippen molar-refractivity contribution in [2.75, 3.05) is 5.75 Å². The third-order valence-corrected chi connectivity index (χ3v) is 3.07. The number of hydrogen-bond donors (Lipinski definition) is 1. The Labute approximate surface area is 83.5 Å². The number of aryl methyl sites for hydroxylation is 1. The zero-order valence-electron chi connectivity index (χ0n) is 6.90. The van der Waals surface area contributed by atoms with Gasteiger partial charge in [0.15, 0.2) is 5.17 Å². The van der Waals surface area contributed by atoms with Crippen LogP contribution >= 0.6 is 23.1 Å². The number of amides is 1. The van der Waals surface area contributed by atoms with Crippen molar-refractivity contribution >= 4 is 39.3 Å². The number of thiazole rings is 1. The van der Waals surface area contributed by atoms with Crippen molar-refractivity contribution < 1.29 is 4.79 Å². The molecular formula is C7H7N3OS2. The molecule has 4 nitrogen and oxygen atoms in total. The summed E-state index contributed by atoms with van der Waals surface area (Å²) in [7, 11) is 0. The fourth-order valence-electron chi connectivity index (χ4n) is 0.867. The fourth-order valence-corrected chi connectivity index (χ4v) is 2.24. The van der Waals surface area contributed by atoms with Crippen LogP contribution < -0.4 is 5.32 Å². The van der Waals surface area contributed by atoms with Crippen LogP contribution in [0.3, 0.4) is 0 Å². The average molecular weight is 213 g/mol. The zero-order chi connectivity index (χ0) is 9.26. The van der Waals surface area contributed by atoms with Crippen LogP contribution in [0.25, 0.3) is 0 Å². The maximum atomic E-state index is 10.8. The number of rotatable bonds is 1. The summed E-state index contributed by atoms with van der Waals surface area (Å²) >= 11 is 2.92. The summed E-state index contributed by atoms with van der Waals surface area (Å²) in [5.41, 5.74) is 0. The first-order valence-electron chi connectivity index (χ1n) is 3.68. The molecule has 13 heavy (non-hydrogen) atoms. The summed E-state index contributed by atoms with van der Waals surface area (Å²) in [5, 5.41) is 4.00. The lowest BCUT2D eigenvalue weighted by atomic mass is 10.7. The second-order valence-electron chi connectivity index (χ2n) is 2.51. The molecule has 2 heterocycles. The van der Waals surface area contributed by atoms with Crippen molar-refractivity contribution in [3.63, 3.8) is 0 Å². The van der Waals surface area contributed by atoms with Gasteiger partial charge in [-0.05, 0) is 6.92 Å². The van der Waals surface area contributed by atoms with Crippen LogP contribution in [0.5, 0.6) is 0 Å². The summed E-state index contributed by atoms with van der Waals surface area (Å²) in [5.74, 6) is 0.473. The Bertz CT molecular complexity index is 372. The van der Waals surface area contributed by atoms with Crippen molar-refractivity contribution in [1.29, 1.82) is 0 Å². The van der Waals surface area contributed by atoms with E-state index >= 15 is 0 Å². The molecule has 1 aliphatic heterocycles. The van der Waals surface area contributed by atoms with Crippen LogP contribution in [0, 0.1) is 6.92 Å². The molecule has 0 unspecified atom stereocenters. The maximum absolute atomic E-state index is 10.8. The van der Waals surface area contributed by atoms with Gasteiger partial charge >= 0.3 is 0 Å². The van der Waals surface area contributed by atoms with E-state index in [4.69, 9.17) is 0 Å². The van der Waals surface area contributed by atoms with Gasteiger partial charge in [-0.3, -0.25) is 4.79 Å². The molecule has 0 bridgehead atoms. The van der Waals surface area contributed by atoms with E-state index in [2.05, 4.69) is 15.3 Å². The molecule has 1 saturated heterocycles. The molecule has 6 heteroatoms. The van der Waals surface area contributed by atoms with E-state index in [-0.39, 0.29) is 5.91 Å². The smallest absolute Gasteiger partial charge is 0.236 e. The van der Waals surface area contributed by atoms with Gasteiger partial charge in [0.2, 0.25) is 11.0 Å². The lowest BCUT2D eigenvalue weighted by Gasteiger charge is -1.90. The number of nitrogens with one attached hydrogen (secondary N) is 1. The van der Waals surface area contributed by atoms with Crippen LogP contribution in [0.2, 0.25) is 0 Å². The number of thioether (sulfide) groups is 1. The molecule has 1 aromatic rings. The summed E-state index contributed by atoms with van der Waals surface area (Å²) in [4.78, 5) is 20.2. The van der Waals surface area contributed by atoms with Gasteiger partial charge in [-0.1, -0.05) is 11.8 Å².